The molecule has 0 bridgehead atoms. The van der Waals surface area contributed by atoms with E-state index in [1.807, 2.05) is 17.9 Å². The van der Waals surface area contributed by atoms with Crippen molar-refractivity contribution in [3.8, 4) is 0 Å². The van der Waals surface area contributed by atoms with Crippen LogP contribution in [0.5, 0.6) is 0 Å². The lowest BCUT2D eigenvalue weighted by Gasteiger charge is -2.24. The molecule has 0 saturated carbocycles. The van der Waals surface area contributed by atoms with E-state index in [-0.39, 0.29) is 5.91 Å². The van der Waals surface area contributed by atoms with Crippen molar-refractivity contribution in [2.24, 2.45) is 11.1 Å². The molecule has 2 rings (SSSR count). The molecule has 112 valence electrons. The Hall–Kier alpha value is -2.01. The number of hydrogen-bond donors (Lipinski definition) is 2. The number of amides is 1. The standard InChI is InChI=1S/C15H17ClN2O3/c1-15(14(17)21)6-7-18(9-15)12-4-3-11(16)8-10(12)2-5-13(19)20/h2-5,8H,6-7,9H2,1H3,(H2,17,21)(H,19,20)/b5-2+. The highest BCUT2D eigenvalue weighted by atomic mass is 35.5. The highest BCUT2D eigenvalue weighted by Gasteiger charge is 2.39. The monoisotopic (exact) mass is 308 g/mol. The van der Waals surface area contributed by atoms with Gasteiger partial charge < -0.3 is 15.7 Å². The fourth-order valence-corrected chi connectivity index (χ4v) is 2.66. The molecular weight excluding hydrogens is 292 g/mol. The van der Waals surface area contributed by atoms with Crippen LogP contribution in [0.1, 0.15) is 18.9 Å². The van der Waals surface area contributed by atoms with Gasteiger partial charge in [0.1, 0.15) is 0 Å². The van der Waals surface area contributed by atoms with E-state index in [0.29, 0.717) is 30.1 Å². The summed E-state index contributed by atoms with van der Waals surface area (Å²) in [5.74, 6) is -1.34. The zero-order valence-corrected chi connectivity index (χ0v) is 12.4. The second-order valence-electron chi connectivity index (χ2n) is 5.47. The first-order chi connectivity index (χ1) is 9.82. The van der Waals surface area contributed by atoms with Crippen LogP contribution in [0.4, 0.5) is 5.69 Å². The molecule has 1 aliphatic rings. The van der Waals surface area contributed by atoms with Crippen molar-refractivity contribution < 1.29 is 14.7 Å². The van der Waals surface area contributed by atoms with Crippen molar-refractivity contribution in [1.29, 1.82) is 0 Å². The third-order valence-electron chi connectivity index (χ3n) is 3.80. The number of halogens is 1. The maximum Gasteiger partial charge on any atom is 0.328 e. The molecule has 0 aromatic heterocycles. The van der Waals surface area contributed by atoms with Gasteiger partial charge >= 0.3 is 5.97 Å². The van der Waals surface area contributed by atoms with Gasteiger partial charge in [0.2, 0.25) is 5.91 Å². The summed E-state index contributed by atoms with van der Waals surface area (Å²) < 4.78 is 0. The van der Waals surface area contributed by atoms with Crippen molar-refractivity contribution >= 4 is 35.2 Å². The van der Waals surface area contributed by atoms with Crippen LogP contribution in [-0.2, 0) is 9.59 Å². The van der Waals surface area contributed by atoms with Gasteiger partial charge in [-0.2, -0.15) is 0 Å². The molecule has 1 atom stereocenters. The van der Waals surface area contributed by atoms with Crippen molar-refractivity contribution in [1.82, 2.24) is 0 Å². The van der Waals surface area contributed by atoms with Gasteiger partial charge in [-0.05, 0) is 43.2 Å². The summed E-state index contributed by atoms with van der Waals surface area (Å²) in [4.78, 5) is 24.3. The molecule has 1 saturated heterocycles. The van der Waals surface area contributed by atoms with Gasteiger partial charge in [0, 0.05) is 29.9 Å². The first-order valence-electron chi connectivity index (χ1n) is 6.57. The number of hydrogen-bond acceptors (Lipinski definition) is 3. The molecule has 1 amide bonds. The van der Waals surface area contributed by atoms with Gasteiger partial charge in [-0.15, -0.1) is 0 Å². The van der Waals surface area contributed by atoms with Crippen LogP contribution in [0.15, 0.2) is 24.3 Å². The Balaban J connectivity index is 2.32. The Morgan fingerprint density at radius 3 is 2.76 bits per heavy atom. The van der Waals surface area contributed by atoms with Crippen LogP contribution in [0.2, 0.25) is 5.02 Å². The van der Waals surface area contributed by atoms with Gasteiger partial charge in [0.15, 0.2) is 0 Å². The zero-order chi connectivity index (χ0) is 15.6. The Morgan fingerprint density at radius 1 is 1.48 bits per heavy atom. The molecular formula is C15H17ClN2O3. The Kier molecular flexibility index (Phi) is 4.23. The average Bonchev–Trinajstić information content (AvgIpc) is 2.80. The number of rotatable bonds is 4. The number of primary amides is 1. The summed E-state index contributed by atoms with van der Waals surface area (Å²) in [5, 5.41) is 9.29. The number of aliphatic carboxylic acids is 1. The van der Waals surface area contributed by atoms with Crippen LogP contribution in [-0.4, -0.2) is 30.1 Å². The number of nitrogens with two attached hydrogens (primary N) is 1. The molecule has 1 heterocycles. The highest BCUT2D eigenvalue weighted by molar-refractivity contribution is 6.30. The van der Waals surface area contributed by atoms with E-state index in [0.717, 1.165) is 11.8 Å². The predicted octanol–water partition coefficient (Wildman–Crippen LogP) is 2.14. The fourth-order valence-electron chi connectivity index (χ4n) is 2.48. The number of carbonyl (C=O) groups is 2. The Bertz CT molecular complexity index is 615. The minimum absolute atomic E-state index is 0.318. The molecule has 1 aliphatic heterocycles. The van der Waals surface area contributed by atoms with Crippen molar-refractivity contribution in [2.45, 2.75) is 13.3 Å². The molecule has 1 unspecified atom stereocenters. The molecule has 5 nitrogen and oxygen atoms in total. The Morgan fingerprint density at radius 2 is 2.19 bits per heavy atom. The van der Waals surface area contributed by atoms with Crippen molar-refractivity contribution in [2.75, 3.05) is 18.0 Å². The lowest BCUT2D eigenvalue weighted by atomic mass is 9.89. The number of benzene rings is 1. The molecule has 21 heavy (non-hydrogen) atoms. The van der Waals surface area contributed by atoms with Gasteiger partial charge in [0.05, 0.1) is 5.41 Å². The van der Waals surface area contributed by atoms with Gasteiger partial charge in [0.25, 0.3) is 0 Å². The normalized spacial score (nSPS) is 21.9. The second-order valence-corrected chi connectivity index (χ2v) is 5.91. The number of carboxylic acids is 1. The van der Waals surface area contributed by atoms with Gasteiger partial charge in [-0.1, -0.05) is 11.6 Å². The smallest absolute Gasteiger partial charge is 0.328 e. The van der Waals surface area contributed by atoms with E-state index in [1.54, 1.807) is 12.1 Å². The number of nitrogens with zero attached hydrogens (tertiary/aromatic N) is 1. The molecule has 1 fully saturated rings. The Labute approximate surface area is 128 Å². The largest absolute Gasteiger partial charge is 0.478 e. The lowest BCUT2D eigenvalue weighted by Crippen LogP contribution is -2.37. The number of carboxylic acid groups (broad SMARTS) is 1. The second kappa shape index (κ2) is 5.77. The van der Waals surface area contributed by atoms with Gasteiger partial charge in [-0.3, -0.25) is 4.79 Å². The van der Waals surface area contributed by atoms with E-state index in [2.05, 4.69) is 0 Å². The van der Waals surface area contributed by atoms with E-state index >= 15 is 0 Å². The third-order valence-corrected chi connectivity index (χ3v) is 4.04. The average molecular weight is 309 g/mol. The van der Waals surface area contributed by atoms with Crippen LogP contribution in [0.25, 0.3) is 6.08 Å². The van der Waals surface area contributed by atoms with Crippen LogP contribution >= 0.6 is 11.6 Å². The predicted molar refractivity (Wildman–Crippen MR) is 82.3 cm³/mol. The summed E-state index contributed by atoms with van der Waals surface area (Å²) in [5.41, 5.74) is 6.45. The van der Waals surface area contributed by atoms with E-state index < -0.39 is 11.4 Å². The quantitative estimate of drug-likeness (QED) is 0.835. The maximum atomic E-state index is 11.5. The van der Waals surface area contributed by atoms with E-state index in [4.69, 9.17) is 22.4 Å². The van der Waals surface area contributed by atoms with E-state index in [1.165, 1.54) is 6.08 Å². The van der Waals surface area contributed by atoms with Crippen molar-refractivity contribution in [3.05, 3.63) is 34.9 Å². The number of anilines is 1. The molecule has 0 spiro atoms. The summed E-state index contributed by atoms with van der Waals surface area (Å²) >= 11 is 5.97. The van der Waals surface area contributed by atoms with E-state index in [9.17, 15) is 9.59 Å². The highest BCUT2D eigenvalue weighted by Crippen LogP contribution is 2.35. The number of carbonyl (C=O) groups excluding carboxylic acids is 1. The first-order valence-corrected chi connectivity index (χ1v) is 6.95. The maximum absolute atomic E-state index is 11.5. The third kappa shape index (κ3) is 3.36. The molecule has 0 aliphatic carbocycles. The minimum Gasteiger partial charge on any atom is -0.478 e. The summed E-state index contributed by atoms with van der Waals surface area (Å²) in [7, 11) is 0. The molecule has 1 aromatic carbocycles. The fraction of sp³-hybridized carbons (Fsp3) is 0.333. The minimum atomic E-state index is -1.02. The molecule has 1 aromatic rings. The molecule has 6 heteroatoms. The van der Waals surface area contributed by atoms with Crippen LogP contribution in [0, 0.1) is 5.41 Å². The SMILES string of the molecule is CC1(C(N)=O)CCN(c2ccc(Cl)cc2/C=C/C(=O)O)C1. The van der Waals surface area contributed by atoms with Crippen LogP contribution < -0.4 is 10.6 Å². The zero-order valence-electron chi connectivity index (χ0n) is 11.7. The topological polar surface area (TPSA) is 83.6 Å². The van der Waals surface area contributed by atoms with Crippen LogP contribution in [0.3, 0.4) is 0 Å². The summed E-state index contributed by atoms with van der Waals surface area (Å²) in [6, 6.07) is 5.28. The molecule has 3 N–H and O–H groups in total. The lowest BCUT2D eigenvalue weighted by molar-refractivity contribution is -0.131. The summed E-state index contributed by atoms with van der Waals surface area (Å²) in [6.07, 6.45) is 3.25. The van der Waals surface area contributed by atoms with Crippen molar-refractivity contribution in [3.63, 3.8) is 0 Å². The molecule has 0 radical (unpaired) electrons. The first kappa shape index (κ1) is 15.4. The van der Waals surface area contributed by atoms with Gasteiger partial charge in [-0.25, -0.2) is 4.79 Å². The summed E-state index contributed by atoms with van der Waals surface area (Å²) in [6.45, 7) is 3.05.